The molecule has 1 aliphatic rings. The molecule has 29 heavy (non-hydrogen) atoms. The SMILES string of the molecule is Cc1cccc(N2CCN(C(=O)c3ccnc(C(=O)NC(C)(C)C)c3)CC2)c1C. The number of nitrogens with one attached hydrogen (secondary N) is 1. The van der Waals surface area contributed by atoms with Crippen LogP contribution in [0.25, 0.3) is 0 Å². The molecule has 0 saturated carbocycles. The Hall–Kier alpha value is -2.89. The van der Waals surface area contributed by atoms with E-state index in [1.807, 2.05) is 25.7 Å². The van der Waals surface area contributed by atoms with Crippen LogP contribution in [0.4, 0.5) is 5.69 Å². The Morgan fingerprint density at radius 3 is 2.38 bits per heavy atom. The Kier molecular flexibility index (Phi) is 5.91. The number of rotatable bonds is 3. The molecule has 0 radical (unpaired) electrons. The van der Waals surface area contributed by atoms with Gasteiger partial charge in [-0.2, -0.15) is 0 Å². The van der Waals surface area contributed by atoms with Crippen LogP contribution in [0.2, 0.25) is 0 Å². The molecule has 154 valence electrons. The summed E-state index contributed by atoms with van der Waals surface area (Å²) in [6.45, 7) is 12.9. The van der Waals surface area contributed by atoms with Crippen LogP contribution in [0.15, 0.2) is 36.5 Å². The molecule has 1 aromatic heterocycles. The second-order valence-electron chi connectivity index (χ2n) is 8.63. The van der Waals surface area contributed by atoms with E-state index in [4.69, 9.17) is 0 Å². The van der Waals surface area contributed by atoms with Gasteiger partial charge in [0.05, 0.1) is 0 Å². The van der Waals surface area contributed by atoms with E-state index in [1.165, 1.54) is 23.0 Å². The number of hydrogen-bond donors (Lipinski definition) is 1. The van der Waals surface area contributed by atoms with Crippen LogP contribution >= 0.6 is 0 Å². The third kappa shape index (κ3) is 4.94. The average Bonchev–Trinajstić information content (AvgIpc) is 2.68. The molecule has 6 heteroatoms. The lowest BCUT2D eigenvalue weighted by Crippen LogP contribution is -2.49. The van der Waals surface area contributed by atoms with Gasteiger partial charge in [-0.15, -0.1) is 0 Å². The van der Waals surface area contributed by atoms with Gasteiger partial charge < -0.3 is 15.1 Å². The molecule has 0 atom stereocenters. The van der Waals surface area contributed by atoms with Gasteiger partial charge in [-0.3, -0.25) is 14.6 Å². The topological polar surface area (TPSA) is 65.5 Å². The van der Waals surface area contributed by atoms with Gasteiger partial charge >= 0.3 is 0 Å². The predicted octanol–water partition coefficient (Wildman–Crippen LogP) is 3.19. The van der Waals surface area contributed by atoms with Gasteiger partial charge in [-0.05, 0) is 63.9 Å². The molecular weight excluding hydrogens is 364 g/mol. The minimum absolute atomic E-state index is 0.0576. The normalized spacial score (nSPS) is 14.7. The summed E-state index contributed by atoms with van der Waals surface area (Å²) in [4.78, 5) is 33.7. The van der Waals surface area contributed by atoms with Gasteiger partial charge in [0.25, 0.3) is 11.8 Å². The number of carbonyl (C=O) groups excluding carboxylic acids is 2. The zero-order valence-corrected chi connectivity index (χ0v) is 18.0. The Balaban J connectivity index is 1.67. The fraction of sp³-hybridized carbons (Fsp3) is 0.435. The number of benzene rings is 1. The molecule has 1 N–H and O–H groups in total. The number of aromatic nitrogens is 1. The molecule has 3 rings (SSSR count). The largest absolute Gasteiger partial charge is 0.368 e. The van der Waals surface area contributed by atoms with Crippen molar-refractivity contribution in [1.29, 1.82) is 0 Å². The molecule has 1 aromatic carbocycles. The lowest BCUT2D eigenvalue weighted by Gasteiger charge is -2.37. The molecule has 2 amide bonds. The molecule has 0 bridgehead atoms. The zero-order chi connectivity index (χ0) is 21.2. The van der Waals surface area contributed by atoms with Crippen molar-refractivity contribution in [2.75, 3.05) is 31.1 Å². The van der Waals surface area contributed by atoms with Gasteiger partial charge in [0.1, 0.15) is 5.69 Å². The third-order valence-electron chi connectivity index (χ3n) is 5.21. The number of carbonyl (C=O) groups is 2. The quantitative estimate of drug-likeness (QED) is 0.868. The maximum atomic E-state index is 13.0. The minimum atomic E-state index is -0.358. The average molecular weight is 395 g/mol. The number of anilines is 1. The van der Waals surface area contributed by atoms with Crippen LogP contribution in [0.3, 0.4) is 0 Å². The highest BCUT2D eigenvalue weighted by Gasteiger charge is 2.24. The highest BCUT2D eigenvalue weighted by molar-refractivity contribution is 5.98. The molecule has 0 aliphatic carbocycles. The molecule has 1 fully saturated rings. The van der Waals surface area contributed by atoms with E-state index in [0.717, 1.165) is 13.1 Å². The number of nitrogens with zero attached hydrogens (tertiary/aromatic N) is 3. The minimum Gasteiger partial charge on any atom is -0.368 e. The van der Waals surface area contributed by atoms with E-state index in [0.29, 0.717) is 18.7 Å². The van der Waals surface area contributed by atoms with Crippen LogP contribution in [0, 0.1) is 13.8 Å². The smallest absolute Gasteiger partial charge is 0.270 e. The van der Waals surface area contributed by atoms with Crippen molar-refractivity contribution in [2.24, 2.45) is 0 Å². The Morgan fingerprint density at radius 1 is 1.03 bits per heavy atom. The molecule has 0 unspecified atom stereocenters. The molecule has 2 aromatic rings. The van der Waals surface area contributed by atoms with E-state index in [9.17, 15) is 9.59 Å². The van der Waals surface area contributed by atoms with Gasteiger partial charge in [0.15, 0.2) is 0 Å². The van der Waals surface area contributed by atoms with Crippen LogP contribution in [-0.2, 0) is 0 Å². The summed E-state index contributed by atoms with van der Waals surface area (Å²) in [6, 6.07) is 9.60. The third-order valence-corrected chi connectivity index (χ3v) is 5.21. The first-order chi connectivity index (χ1) is 13.7. The summed E-state index contributed by atoms with van der Waals surface area (Å²) in [5.74, 6) is -0.329. The highest BCUT2D eigenvalue weighted by atomic mass is 16.2. The van der Waals surface area contributed by atoms with Crippen molar-refractivity contribution in [3.05, 3.63) is 58.9 Å². The van der Waals surface area contributed by atoms with Crippen molar-refractivity contribution in [1.82, 2.24) is 15.2 Å². The maximum Gasteiger partial charge on any atom is 0.270 e. The van der Waals surface area contributed by atoms with Crippen molar-refractivity contribution in [3.8, 4) is 0 Å². The number of piperazine rings is 1. The number of pyridine rings is 1. The first-order valence-electron chi connectivity index (χ1n) is 10.0. The monoisotopic (exact) mass is 394 g/mol. The van der Waals surface area contributed by atoms with Crippen molar-refractivity contribution in [3.63, 3.8) is 0 Å². The van der Waals surface area contributed by atoms with E-state index in [-0.39, 0.29) is 23.0 Å². The van der Waals surface area contributed by atoms with Gasteiger partial charge in [-0.25, -0.2) is 0 Å². The first-order valence-corrected chi connectivity index (χ1v) is 10.0. The second-order valence-corrected chi connectivity index (χ2v) is 8.63. The molecular formula is C23H30N4O2. The van der Waals surface area contributed by atoms with E-state index >= 15 is 0 Å². The number of aryl methyl sites for hydroxylation is 1. The van der Waals surface area contributed by atoms with E-state index in [2.05, 4.69) is 47.2 Å². The van der Waals surface area contributed by atoms with Crippen molar-refractivity contribution >= 4 is 17.5 Å². The Morgan fingerprint density at radius 2 is 1.72 bits per heavy atom. The molecule has 0 spiro atoms. The molecule has 1 aliphatic heterocycles. The van der Waals surface area contributed by atoms with Crippen molar-refractivity contribution < 1.29 is 9.59 Å². The second kappa shape index (κ2) is 8.23. The molecule has 1 saturated heterocycles. The standard InChI is InChI=1S/C23H30N4O2/c1-16-7-6-8-20(17(16)2)26-11-13-27(14-12-26)22(29)18-9-10-24-19(15-18)21(28)25-23(3,4)5/h6-10,15H,11-14H2,1-5H3,(H,25,28). The summed E-state index contributed by atoms with van der Waals surface area (Å²) in [5.41, 5.74) is 4.21. The summed E-state index contributed by atoms with van der Waals surface area (Å²) in [5, 5.41) is 2.88. The van der Waals surface area contributed by atoms with E-state index in [1.54, 1.807) is 12.1 Å². The number of hydrogen-bond acceptors (Lipinski definition) is 4. The maximum absolute atomic E-state index is 13.0. The summed E-state index contributed by atoms with van der Waals surface area (Å²) in [6.07, 6.45) is 1.52. The van der Waals surface area contributed by atoms with Gasteiger partial charge in [0, 0.05) is 49.2 Å². The summed E-state index contributed by atoms with van der Waals surface area (Å²) < 4.78 is 0. The Labute approximate surface area is 172 Å². The fourth-order valence-corrected chi connectivity index (χ4v) is 3.50. The van der Waals surface area contributed by atoms with Gasteiger partial charge in [-0.1, -0.05) is 12.1 Å². The lowest BCUT2D eigenvalue weighted by atomic mass is 10.1. The highest BCUT2D eigenvalue weighted by Crippen LogP contribution is 2.24. The lowest BCUT2D eigenvalue weighted by molar-refractivity contribution is 0.0746. The summed E-state index contributed by atoms with van der Waals surface area (Å²) >= 11 is 0. The van der Waals surface area contributed by atoms with Gasteiger partial charge in [0.2, 0.25) is 0 Å². The molecule has 6 nitrogen and oxygen atoms in total. The van der Waals surface area contributed by atoms with E-state index < -0.39 is 0 Å². The fourth-order valence-electron chi connectivity index (χ4n) is 3.50. The van der Waals surface area contributed by atoms with Crippen LogP contribution in [-0.4, -0.2) is 53.4 Å². The van der Waals surface area contributed by atoms with Crippen LogP contribution in [0.5, 0.6) is 0 Å². The predicted molar refractivity (Wildman–Crippen MR) is 115 cm³/mol. The first kappa shape index (κ1) is 20.8. The van der Waals surface area contributed by atoms with Crippen molar-refractivity contribution in [2.45, 2.75) is 40.2 Å². The van der Waals surface area contributed by atoms with Crippen LogP contribution in [0.1, 0.15) is 52.7 Å². The summed E-state index contributed by atoms with van der Waals surface area (Å²) in [7, 11) is 0. The Bertz CT molecular complexity index is 909. The number of amides is 2. The molecule has 2 heterocycles. The van der Waals surface area contributed by atoms with Crippen LogP contribution < -0.4 is 10.2 Å². The zero-order valence-electron chi connectivity index (χ0n) is 18.0.